The first-order valence-corrected chi connectivity index (χ1v) is 5.99. The van der Waals surface area contributed by atoms with E-state index >= 15 is 0 Å². The fourth-order valence-electron chi connectivity index (χ4n) is 2.04. The van der Waals surface area contributed by atoms with Crippen LogP contribution in [0.3, 0.4) is 0 Å². The van der Waals surface area contributed by atoms with E-state index in [9.17, 15) is 0 Å². The number of nitrogens with one attached hydrogen (secondary N) is 1. The molecule has 4 nitrogen and oxygen atoms in total. The van der Waals surface area contributed by atoms with E-state index in [0.717, 1.165) is 37.5 Å². The van der Waals surface area contributed by atoms with Crippen LogP contribution >= 0.6 is 0 Å². The van der Waals surface area contributed by atoms with Crippen LogP contribution < -0.4 is 15.0 Å². The minimum atomic E-state index is 0.299. The molecule has 0 saturated carbocycles. The summed E-state index contributed by atoms with van der Waals surface area (Å²) in [5.41, 5.74) is 2.42. The smallest absolute Gasteiger partial charge is 0.188 e. The number of anilines is 1. The number of benzene rings is 1. The Labute approximate surface area is 103 Å². The molecule has 1 saturated heterocycles. The molecule has 0 atom stereocenters. The summed E-state index contributed by atoms with van der Waals surface area (Å²) in [5.74, 6) is 0.894. The van der Waals surface area contributed by atoms with Gasteiger partial charge < -0.3 is 19.7 Å². The van der Waals surface area contributed by atoms with Gasteiger partial charge in [-0.25, -0.2) is 0 Å². The van der Waals surface area contributed by atoms with E-state index in [-0.39, 0.29) is 0 Å². The maximum atomic E-state index is 5.48. The van der Waals surface area contributed by atoms with Crippen molar-refractivity contribution in [2.24, 2.45) is 0 Å². The van der Waals surface area contributed by atoms with E-state index in [4.69, 9.17) is 9.47 Å². The molecule has 1 N–H and O–H groups in total. The van der Waals surface area contributed by atoms with Gasteiger partial charge in [-0.3, -0.25) is 0 Å². The van der Waals surface area contributed by atoms with E-state index in [1.807, 2.05) is 6.07 Å². The number of methoxy groups -OCH3 is 1. The van der Waals surface area contributed by atoms with Gasteiger partial charge >= 0.3 is 0 Å². The van der Waals surface area contributed by atoms with Gasteiger partial charge in [-0.2, -0.15) is 0 Å². The number of hydrogen-bond donors (Lipinski definition) is 1. The van der Waals surface area contributed by atoms with Gasteiger partial charge in [-0.15, -0.1) is 0 Å². The standard InChI is InChI=1S/C13H20N2O2/c1-11-9-12(15-7-5-14-6-8-15)3-4-13(11)17-10-16-2/h3-4,9,14H,5-8,10H2,1-2H3. The third kappa shape index (κ3) is 3.11. The summed E-state index contributed by atoms with van der Waals surface area (Å²) in [7, 11) is 1.63. The van der Waals surface area contributed by atoms with Crippen molar-refractivity contribution in [2.45, 2.75) is 6.92 Å². The Bertz CT molecular complexity index is 362. The minimum absolute atomic E-state index is 0.299. The molecule has 1 heterocycles. The molecule has 0 bridgehead atoms. The fourth-order valence-corrected chi connectivity index (χ4v) is 2.04. The van der Waals surface area contributed by atoms with Gasteiger partial charge in [0.15, 0.2) is 6.79 Å². The maximum Gasteiger partial charge on any atom is 0.188 e. The van der Waals surface area contributed by atoms with Crippen LogP contribution in [0.4, 0.5) is 5.69 Å². The SMILES string of the molecule is COCOc1ccc(N2CCNCC2)cc1C. The molecule has 2 rings (SSSR count). The summed E-state index contributed by atoms with van der Waals surface area (Å²) in [6, 6.07) is 6.31. The van der Waals surface area contributed by atoms with Crippen molar-refractivity contribution in [1.82, 2.24) is 5.32 Å². The van der Waals surface area contributed by atoms with Crippen molar-refractivity contribution in [1.29, 1.82) is 0 Å². The molecule has 0 amide bonds. The fraction of sp³-hybridized carbons (Fsp3) is 0.538. The lowest BCUT2D eigenvalue weighted by atomic mass is 10.1. The Morgan fingerprint density at radius 3 is 2.71 bits per heavy atom. The largest absolute Gasteiger partial charge is 0.467 e. The van der Waals surface area contributed by atoms with Crippen molar-refractivity contribution in [3.63, 3.8) is 0 Å². The van der Waals surface area contributed by atoms with Crippen LogP contribution in [0, 0.1) is 6.92 Å². The number of rotatable bonds is 4. The maximum absolute atomic E-state index is 5.48. The molecule has 0 unspecified atom stereocenters. The van der Waals surface area contributed by atoms with Gasteiger partial charge in [0, 0.05) is 39.0 Å². The molecule has 94 valence electrons. The van der Waals surface area contributed by atoms with Gasteiger partial charge in [0.1, 0.15) is 5.75 Å². The molecule has 1 aromatic carbocycles. The molecule has 1 aliphatic heterocycles. The van der Waals surface area contributed by atoms with Crippen molar-refractivity contribution in [3.05, 3.63) is 23.8 Å². The number of ether oxygens (including phenoxy) is 2. The molecular weight excluding hydrogens is 216 g/mol. The third-order valence-electron chi connectivity index (χ3n) is 2.97. The van der Waals surface area contributed by atoms with Crippen LogP contribution in [-0.2, 0) is 4.74 Å². The second-order valence-electron chi connectivity index (χ2n) is 4.24. The Kier molecular flexibility index (Phi) is 4.23. The first-order chi connectivity index (χ1) is 8.31. The highest BCUT2D eigenvalue weighted by atomic mass is 16.7. The predicted octanol–water partition coefficient (Wildman–Crippen LogP) is 1.39. The molecule has 1 aromatic rings. The summed E-state index contributed by atoms with van der Waals surface area (Å²) in [6.45, 7) is 6.61. The average molecular weight is 236 g/mol. The quantitative estimate of drug-likeness (QED) is 0.801. The molecular formula is C13H20N2O2. The highest BCUT2D eigenvalue weighted by Crippen LogP contribution is 2.24. The minimum Gasteiger partial charge on any atom is -0.467 e. The first-order valence-electron chi connectivity index (χ1n) is 5.99. The second-order valence-corrected chi connectivity index (χ2v) is 4.24. The normalized spacial score (nSPS) is 16.0. The Balaban J connectivity index is 2.06. The lowest BCUT2D eigenvalue weighted by Crippen LogP contribution is -2.43. The lowest BCUT2D eigenvalue weighted by molar-refractivity contribution is 0.0506. The molecule has 0 aromatic heterocycles. The Morgan fingerprint density at radius 2 is 2.06 bits per heavy atom. The van der Waals surface area contributed by atoms with Gasteiger partial charge in [0.25, 0.3) is 0 Å². The number of piperazine rings is 1. The zero-order chi connectivity index (χ0) is 12.1. The molecule has 1 fully saturated rings. The zero-order valence-corrected chi connectivity index (χ0v) is 10.5. The molecule has 1 aliphatic rings. The van der Waals surface area contributed by atoms with Crippen LogP contribution in [0.5, 0.6) is 5.75 Å². The van der Waals surface area contributed by atoms with Crippen molar-refractivity contribution in [3.8, 4) is 5.75 Å². The van der Waals surface area contributed by atoms with E-state index in [2.05, 4.69) is 29.3 Å². The molecule has 0 spiro atoms. The van der Waals surface area contributed by atoms with Crippen molar-refractivity contribution in [2.75, 3.05) is 45.0 Å². The summed E-state index contributed by atoms with van der Waals surface area (Å²) in [6.07, 6.45) is 0. The van der Waals surface area contributed by atoms with Crippen LogP contribution in [0.15, 0.2) is 18.2 Å². The second kappa shape index (κ2) is 5.89. The Morgan fingerprint density at radius 1 is 1.29 bits per heavy atom. The van der Waals surface area contributed by atoms with Gasteiger partial charge in [-0.1, -0.05) is 0 Å². The van der Waals surface area contributed by atoms with Gasteiger partial charge in [0.05, 0.1) is 0 Å². The summed E-state index contributed by atoms with van der Waals surface area (Å²) < 4.78 is 10.4. The Hall–Kier alpha value is -1.26. The van der Waals surface area contributed by atoms with Crippen LogP contribution in [0.2, 0.25) is 0 Å². The number of aryl methyl sites for hydroxylation is 1. The monoisotopic (exact) mass is 236 g/mol. The zero-order valence-electron chi connectivity index (χ0n) is 10.5. The lowest BCUT2D eigenvalue weighted by Gasteiger charge is -2.29. The van der Waals surface area contributed by atoms with Crippen molar-refractivity contribution >= 4 is 5.69 Å². The summed E-state index contributed by atoms with van der Waals surface area (Å²) in [5, 5.41) is 3.36. The van der Waals surface area contributed by atoms with Crippen LogP contribution in [0.1, 0.15) is 5.56 Å². The van der Waals surface area contributed by atoms with Crippen LogP contribution in [0.25, 0.3) is 0 Å². The van der Waals surface area contributed by atoms with Crippen LogP contribution in [-0.4, -0.2) is 40.1 Å². The predicted molar refractivity (Wildman–Crippen MR) is 68.8 cm³/mol. The van der Waals surface area contributed by atoms with Gasteiger partial charge in [0.2, 0.25) is 0 Å². The number of hydrogen-bond acceptors (Lipinski definition) is 4. The first kappa shape index (κ1) is 12.2. The van der Waals surface area contributed by atoms with Gasteiger partial charge in [-0.05, 0) is 30.7 Å². The highest BCUT2D eigenvalue weighted by Gasteiger charge is 2.11. The van der Waals surface area contributed by atoms with E-state index in [1.54, 1.807) is 7.11 Å². The summed E-state index contributed by atoms with van der Waals surface area (Å²) in [4.78, 5) is 2.39. The topological polar surface area (TPSA) is 33.7 Å². The van der Waals surface area contributed by atoms with E-state index in [0.29, 0.717) is 6.79 Å². The van der Waals surface area contributed by atoms with E-state index < -0.39 is 0 Å². The van der Waals surface area contributed by atoms with Crippen molar-refractivity contribution < 1.29 is 9.47 Å². The highest BCUT2D eigenvalue weighted by molar-refractivity contribution is 5.53. The molecule has 17 heavy (non-hydrogen) atoms. The van der Waals surface area contributed by atoms with E-state index in [1.165, 1.54) is 5.69 Å². The summed E-state index contributed by atoms with van der Waals surface area (Å²) >= 11 is 0. The average Bonchev–Trinajstić information content (AvgIpc) is 2.38. The third-order valence-corrected chi connectivity index (χ3v) is 2.97. The molecule has 4 heteroatoms. The number of nitrogens with zero attached hydrogens (tertiary/aromatic N) is 1. The molecule has 0 aliphatic carbocycles. The molecule has 0 radical (unpaired) electrons.